The molecule has 0 amide bonds. The van der Waals surface area contributed by atoms with Gasteiger partial charge in [-0.3, -0.25) is 4.79 Å². The molecule has 0 spiro atoms. The highest BCUT2D eigenvalue weighted by Gasteiger charge is 2.07. The van der Waals surface area contributed by atoms with Crippen LogP contribution < -0.4 is 5.32 Å². The van der Waals surface area contributed by atoms with Crippen LogP contribution in [-0.4, -0.2) is 45.1 Å². The Balaban J connectivity index is 2.28. The van der Waals surface area contributed by atoms with Crippen molar-refractivity contribution < 1.29 is 9.90 Å². The van der Waals surface area contributed by atoms with E-state index >= 15 is 0 Å². The van der Waals surface area contributed by atoms with Crippen LogP contribution in [0.5, 0.6) is 0 Å². The highest BCUT2D eigenvalue weighted by atomic mass is 32.2. The minimum Gasteiger partial charge on any atom is -0.481 e. The fourth-order valence-corrected chi connectivity index (χ4v) is 2.81. The number of carboxylic acids is 1. The smallest absolute Gasteiger partial charge is 0.313 e. The van der Waals surface area contributed by atoms with Crippen LogP contribution in [0.2, 0.25) is 0 Å². The molecule has 5 nitrogen and oxygen atoms in total. The van der Waals surface area contributed by atoms with E-state index in [9.17, 15) is 4.79 Å². The number of hydrogen-bond donors (Lipinski definition) is 2. The van der Waals surface area contributed by atoms with Crippen molar-refractivity contribution in [3.05, 3.63) is 0 Å². The Labute approximate surface area is 113 Å². The van der Waals surface area contributed by atoms with Gasteiger partial charge in [-0.15, -0.1) is 10.2 Å². The number of anilines is 1. The minimum absolute atomic E-state index is 0.0259. The summed E-state index contributed by atoms with van der Waals surface area (Å²) in [7, 11) is 0. The van der Waals surface area contributed by atoms with Gasteiger partial charge in [0.15, 0.2) is 4.34 Å². The summed E-state index contributed by atoms with van der Waals surface area (Å²) >= 11 is 4.42. The van der Waals surface area contributed by atoms with E-state index in [-0.39, 0.29) is 5.75 Å². The van der Waals surface area contributed by atoms with E-state index in [4.69, 9.17) is 5.11 Å². The van der Waals surface area contributed by atoms with Crippen molar-refractivity contribution in [1.29, 1.82) is 0 Å². The lowest BCUT2D eigenvalue weighted by molar-refractivity contribution is -0.133. The lowest BCUT2D eigenvalue weighted by Gasteiger charge is -2.07. The molecule has 1 atom stereocenters. The maximum Gasteiger partial charge on any atom is 0.313 e. The number of carboxylic acid groups (broad SMARTS) is 1. The summed E-state index contributed by atoms with van der Waals surface area (Å²) in [6, 6.07) is 0. The van der Waals surface area contributed by atoms with Gasteiger partial charge in [0.25, 0.3) is 0 Å². The quantitative estimate of drug-likeness (QED) is 0.712. The molecule has 1 aromatic rings. The fraction of sp³-hybridized carbons (Fsp3) is 0.667. The average Bonchev–Trinajstić information content (AvgIpc) is 2.74. The average molecular weight is 293 g/mol. The van der Waals surface area contributed by atoms with Crippen LogP contribution in [0.3, 0.4) is 0 Å². The maximum absolute atomic E-state index is 10.4. The maximum atomic E-state index is 10.4. The Morgan fingerprint density at radius 3 is 3.00 bits per heavy atom. The first-order chi connectivity index (χ1) is 8.11. The second-order valence-corrected chi connectivity index (χ2v) is 6.79. The summed E-state index contributed by atoms with van der Waals surface area (Å²) in [6.45, 7) is 3.04. The van der Waals surface area contributed by atoms with Gasteiger partial charge >= 0.3 is 5.97 Å². The number of carbonyl (C=O) groups is 1. The van der Waals surface area contributed by atoms with Crippen molar-refractivity contribution in [2.45, 2.75) is 22.9 Å². The van der Waals surface area contributed by atoms with E-state index in [0.717, 1.165) is 18.1 Å². The van der Waals surface area contributed by atoms with Gasteiger partial charge < -0.3 is 10.4 Å². The van der Waals surface area contributed by atoms with Crippen LogP contribution in [0.4, 0.5) is 5.13 Å². The van der Waals surface area contributed by atoms with Crippen molar-refractivity contribution in [2.24, 2.45) is 0 Å². The largest absolute Gasteiger partial charge is 0.481 e. The van der Waals surface area contributed by atoms with E-state index in [2.05, 4.69) is 28.7 Å². The molecule has 1 unspecified atom stereocenters. The van der Waals surface area contributed by atoms with Gasteiger partial charge in [-0.25, -0.2) is 0 Å². The topological polar surface area (TPSA) is 75.1 Å². The summed E-state index contributed by atoms with van der Waals surface area (Å²) < 4.78 is 0.688. The molecule has 2 N–H and O–H groups in total. The number of aliphatic carboxylic acids is 1. The molecule has 1 rings (SSSR count). The van der Waals surface area contributed by atoms with Crippen molar-refractivity contribution in [1.82, 2.24) is 10.2 Å². The Bertz CT molecular complexity index is 359. The number of hydrogen-bond acceptors (Lipinski definition) is 7. The van der Waals surface area contributed by atoms with Gasteiger partial charge in [0, 0.05) is 11.8 Å². The third kappa shape index (κ3) is 6.13. The predicted octanol–water partition coefficient (Wildman–Crippen LogP) is 2.27. The normalized spacial score (nSPS) is 12.4. The van der Waals surface area contributed by atoms with E-state index in [0.29, 0.717) is 9.59 Å². The second-order valence-electron chi connectivity index (χ2n) is 3.32. The third-order valence-corrected chi connectivity index (χ3v) is 4.99. The van der Waals surface area contributed by atoms with Gasteiger partial charge in [-0.1, -0.05) is 30.0 Å². The summed E-state index contributed by atoms with van der Waals surface area (Å²) in [5.41, 5.74) is 0. The van der Waals surface area contributed by atoms with E-state index in [1.54, 1.807) is 0 Å². The highest BCUT2D eigenvalue weighted by molar-refractivity contribution is 8.01. The SMILES string of the molecule is CSC(C)CCNc1nnc(SCC(=O)O)s1. The molecule has 0 bridgehead atoms. The van der Waals surface area contributed by atoms with Crippen LogP contribution in [0, 0.1) is 0 Å². The molecule has 0 aromatic carbocycles. The molecule has 0 aliphatic rings. The van der Waals surface area contributed by atoms with Crippen molar-refractivity contribution in [2.75, 3.05) is 23.9 Å². The van der Waals surface area contributed by atoms with Crippen LogP contribution in [0.15, 0.2) is 4.34 Å². The Kier molecular flexibility index (Phi) is 6.68. The van der Waals surface area contributed by atoms with Crippen LogP contribution in [0.1, 0.15) is 13.3 Å². The molecule has 0 saturated heterocycles. The number of thioether (sulfide) groups is 2. The number of nitrogens with zero attached hydrogens (tertiary/aromatic N) is 2. The molecular weight excluding hydrogens is 278 g/mol. The van der Waals surface area contributed by atoms with Crippen molar-refractivity contribution >= 4 is 46.0 Å². The molecule has 1 aromatic heterocycles. The van der Waals surface area contributed by atoms with Gasteiger partial charge in [0.2, 0.25) is 5.13 Å². The van der Waals surface area contributed by atoms with Gasteiger partial charge in [-0.2, -0.15) is 11.8 Å². The highest BCUT2D eigenvalue weighted by Crippen LogP contribution is 2.25. The van der Waals surface area contributed by atoms with E-state index in [1.165, 1.54) is 23.1 Å². The number of aromatic nitrogens is 2. The molecule has 0 saturated carbocycles. The third-order valence-electron chi connectivity index (χ3n) is 1.96. The van der Waals surface area contributed by atoms with Crippen LogP contribution in [0.25, 0.3) is 0 Å². The summed E-state index contributed by atoms with van der Waals surface area (Å²) in [4.78, 5) is 10.4. The lowest BCUT2D eigenvalue weighted by atomic mass is 10.3. The first-order valence-electron chi connectivity index (χ1n) is 5.06. The Hall–Kier alpha value is -0.470. The van der Waals surface area contributed by atoms with Crippen molar-refractivity contribution in [3.63, 3.8) is 0 Å². The van der Waals surface area contributed by atoms with E-state index in [1.807, 2.05) is 11.8 Å². The molecule has 1 heterocycles. The lowest BCUT2D eigenvalue weighted by Crippen LogP contribution is -2.07. The molecule has 0 aliphatic heterocycles. The summed E-state index contributed by atoms with van der Waals surface area (Å²) in [5.74, 6) is -0.813. The predicted molar refractivity (Wildman–Crippen MR) is 74.4 cm³/mol. The first-order valence-corrected chi connectivity index (χ1v) is 8.15. The fourth-order valence-electron chi connectivity index (χ4n) is 0.963. The van der Waals surface area contributed by atoms with Gasteiger partial charge in [0.05, 0.1) is 5.75 Å². The monoisotopic (exact) mass is 293 g/mol. The molecule has 8 heteroatoms. The standard InChI is InChI=1S/C9H15N3O2S3/c1-6(15-2)3-4-10-8-11-12-9(17-8)16-5-7(13)14/h6H,3-5H2,1-2H3,(H,10,11)(H,13,14). The Morgan fingerprint density at radius 1 is 1.59 bits per heavy atom. The van der Waals surface area contributed by atoms with Crippen molar-refractivity contribution in [3.8, 4) is 0 Å². The molecule has 0 radical (unpaired) electrons. The van der Waals surface area contributed by atoms with Gasteiger partial charge in [-0.05, 0) is 12.7 Å². The summed E-state index contributed by atoms with van der Waals surface area (Å²) in [5, 5.41) is 21.0. The Morgan fingerprint density at radius 2 is 2.35 bits per heavy atom. The zero-order chi connectivity index (χ0) is 12.7. The number of nitrogens with one attached hydrogen (secondary N) is 1. The molecule has 0 fully saturated rings. The van der Waals surface area contributed by atoms with Gasteiger partial charge in [0.1, 0.15) is 0 Å². The molecule has 96 valence electrons. The molecular formula is C9H15N3O2S3. The summed E-state index contributed by atoms with van der Waals surface area (Å²) in [6.07, 6.45) is 3.16. The molecule has 17 heavy (non-hydrogen) atoms. The number of rotatable bonds is 8. The molecule has 0 aliphatic carbocycles. The second kappa shape index (κ2) is 7.78. The minimum atomic E-state index is -0.839. The zero-order valence-corrected chi connectivity index (χ0v) is 12.1. The van der Waals surface area contributed by atoms with E-state index < -0.39 is 5.97 Å². The zero-order valence-electron chi connectivity index (χ0n) is 9.67. The van der Waals surface area contributed by atoms with Crippen LogP contribution in [-0.2, 0) is 4.79 Å². The first kappa shape index (κ1) is 14.6. The van der Waals surface area contributed by atoms with Crippen LogP contribution >= 0.6 is 34.9 Å².